The second-order valence-corrected chi connectivity index (χ2v) is 6.55. The van der Waals surface area contributed by atoms with Gasteiger partial charge in [-0.05, 0) is 34.7 Å². The number of aliphatic hydroxyl groups excluding tert-OH is 1. The van der Waals surface area contributed by atoms with Gasteiger partial charge in [-0.25, -0.2) is 0 Å². The van der Waals surface area contributed by atoms with Crippen molar-refractivity contribution < 1.29 is 14.6 Å². The Morgan fingerprint density at radius 2 is 1.58 bits per heavy atom. The van der Waals surface area contributed by atoms with Gasteiger partial charge in [0.05, 0.1) is 13.0 Å². The standard InChI is InChI=1S/C23H24O3/c1-26-23(25)22(14-13-21(16-24)17-7-3-2-4-8-17)20-12-11-18-9-5-6-10-19(18)15-20/h2-12,15,21-22,24H,13-14,16H2,1H3. The average Bonchev–Trinajstić information content (AvgIpc) is 2.71. The van der Waals surface area contributed by atoms with Crippen LogP contribution in [0.15, 0.2) is 72.8 Å². The van der Waals surface area contributed by atoms with E-state index >= 15 is 0 Å². The molecule has 0 aliphatic rings. The number of carbonyl (C=O) groups excluding carboxylic acids is 1. The van der Waals surface area contributed by atoms with E-state index in [1.807, 2.05) is 60.7 Å². The summed E-state index contributed by atoms with van der Waals surface area (Å²) in [6, 6.07) is 24.2. The lowest BCUT2D eigenvalue weighted by molar-refractivity contribution is -0.142. The first kappa shape index (κ1) is 18.2. The van der Waals surface area contributed by atoms with Crippen LogP contribution in [0.3, 0.4) is 0 Å². The quantitative estimate of drug-likeness (QED) is 0.632. The van der Waals surface area contributed by atoms with Gasteiger partial charge in [0.2, 0.25) is 0 Å². The first-order chi connectivity index (χ1) is 12.7. The molecule has 0 bridgehead atoms. The molecule has 0 radical (unpaired) electrons. The fourth-order valence-corrected chi connectivity index (χ4v) is 3.44. The van der Waals surface area contributed by atoms with E-state index in [-0.39, 0.29) is 24.4 Å². The largest absolute Gasteiger partial charge is 0.469 e. The molecule has 3 aromatic rings. The van der Waals surface area contributed by atoms with Gasteiger partial charge in [-0.15, -0.1) is 0 Å². The zero-order valence-electron chi connectivity index (χ0n) is 15.0. The Bertz CT molecular complexity index is 857. The zero-order valence-corrected chi connectivity index (χ0v) is 15.0. The summed E-state index contributed by atoms with van der Waals surface area (Å²) in [5, 5.41) is 12.0. The van der Waals surface area contributed by atoms with Crippen LogP contribution in [-0.4, -0.2) is 24.8 Å². The summed E-state index contributed by atoms with van der Waals surface area (Å²) >= 11 is 0. The molecule has 0 spiro atoms. The molecule has 0 heterocycles. The molecule has 0 saturated carbocycles. The number of hydrogen-bond donors (Lipinski definition) is 1. The second-order valence-electron chi connectivity index (χ2n) is 6.55. The van der Waals surface area contributed by atoms with Crippen molar-refractivity contribution in [2.75, 3.05) is 13.7 Å². The van der Waals surface area contributed by atoms with E-state index in [9.17, 15) is 9.90 Å². The van der Waals surface area contributed by atoms with Crippen LogP contribution in [0.1, 0.15) is 35.8 Å². The van der Waals surface area contributed by atoms with Crippen molar-refractivity contribution in [3.63, 3.8) is 0 Å². The van der Waals surface area contributed by atoms with Crippen molar-refractivity contribution in [3.8, 4) is 0 Å². The van der Waals surface area contributed by atoms with Crippen LogP contribution < -0.4 is 0 Å². The average molecular weight is 348 g/mol. The van der Waals surface area contributed by atoms with Crippen LogP contribution in [0.4, 0.5) is 0 Å². The highest BCUT2D eigenvalue weighted by molar-refractivity contribution is 5.85. The van der Waals surface area contributed by atoms with E-state index in [2.05, 4.69) is 12.1 Å². The minimum absolute atomic E-state index is 0.0174. The molecule has 2 unspecified atom stereocenters. The lowest BCUT2D eigenvalue weighted by atomic mass is 9.87. The summed E-state index contributed by atoms with van der Waals surface area (Å²) in [6.45, 7) is 0.0651. The Kier molecular flexibility index (Phi) is 6.03. The molecule has 0 aromatic heterocycles. The Morgan fingerprint density at radius 1 is 0.885 bits per heavy atom. The van der Waals surface area contributed by atoms with E-state index in [0.29, 0.717) is 12.8 Å². The van der Waals surface area contributed by atoms with Crippen molar-refractivity contribution in [3.05, 3.63) is 83.9 Å². The van der Waals surface area contributed by atoms with Crippen LogP contribution in [0, 0.1) is 0 Å². The first-order valence-corrected chi connectivity index (χ1v) is 8.95. The van der Waals surface area contributed by atoms with Crippen LogP contribution in [0.25, 0.3) is 10.8 Å². The van der Waals surface area contributed by atoms with E-state index in [0.717, 1.165) is 21.9 Å². The van der Waals surface area contributed by atoms with Crippen LogP contribution >= 0.6 is 0 Å². The van der Waals surface area contributed by atoms with Gasteiger partial charge in [-0.3, -0.25) is 4.79 Å². The minimum Gasteiger partial charge on any atom is -0.469 e. The highest BCUT2D eigenvalue weighted by atomic mass is 16.5. The molecular formula is C23H24O3. The molecule has 0 aliphatic carbocycles. The Morgan fingerprint density at radius 3 is 2.27 bits per heavy atom. The number of benzene rings is 3. The van der Waals surface area contributed by atoms with E-state index in [4.69, 9.17) is 4.74 Å². The lowest BCUT2D eigenvalue weighted by Gasteiger charge is -2.20. The number of esters is 1. The molecule has 3 aromatic carbocycles. The smallest absolute Gasteiger partial charge is 0.313 e. The molecule has 1 N–H and O–H groups in total. The van der Waals surface area contributed by atoms with Crippen molar-refractivity contribution in [2.45, 2.75) is 24.7 Å². The maximum absolute atomic E-state index is 12.4. The maximum atomic E-state index is 12.4. The molecule has 0 aliphatic heterocycles. The number of carbonyl (C=O) groups is 1. The fourth-order valence-electron chi connectivity index (χ4n) is 3.44. The molecule has 0 saturated heterocycles. The van der Waals surface area contributed by atoms with Gasteiger partial charge in [0.25, 0.3) is 0 Å². The molecule has 3 nitrogen and oxygen atoms in total. The van der Waals surface area contributed by atoms with Gasteiger partial charge in [0, 0.05) is 12.5 Å². The van der Waals surface area contributed by atoms with Crippen molar-refractivity contribution in [1.82, 2.24) is 0 Å². The van der Waals surface area contributed by atoms with Gasteiger partial charge in [0.1, 0.15) is 0 Å². The summed E-state index contributed by atoms with van der Waals surface area (Å²) in [4.78, 5) is 12.4. The molecule has 26 heavy (non-hydrogen) atoms. The van der Waals surface area contributed by atoms with E-state index in [1.54, 1.807) is 0 Å². The third kappa shape index (κ3) is 4.12. The first-order valence-electron chi connectivity index (χ1n) is 8.95. The van der Waals surface area contributed by atoms with Crippen LogP contribution in [-0.2, 0) is 9.53 Å². The van der Waals surface area contributed by atoms with Crippen molar-refractivity contribution >= 4 is 16.7 Å². The normalized spacial score (nSPS) is 13.3. The summed E-state index contributed by atoms with van der Waals surface area (Å²) in [5.41, 5.74) is 2.05. The minimum atomic E-state index is -0.331. The monoisotopic (exact) mass is 348 g/mol. The molecule has 3 heteroatoms. The van der Waals surface area contributed by atoms with Crippen molar-refractivity contribution in [2.24, 2.45) is 0 Å². The third-order valence-electron chi connectivity index (χ3n) is 4.96. The van der Waals surface area contributed by atoms with E-state index < -0.39 is 0 Å². The fraction of sp³-hybridized carbons (Fsp3) is 0.261. The van der Waals surface area contributed by atoms with Gasteiger partial charge in [-0.2, -0.15) is 0 Å². The Hall–Kier alpha value is -2.65. The number of fused-ring (bicyclic) bond motifs is 1. The van der Waals surface area contributed by atoms with Crippen molar-refractivity contribution in [1.29, 1.82) is 0 Å². The molecular weight excluding hydrogens is 324 g/mol. The molecule has 2 atom stereocenters. The number of rotatable bonds is 7. The third-order valence-corrected chi connectivity index (χ3v) is 4.96. The summed E-state index contributed by atoms with van der Waals surface area (Å²) in [5.74, 6) is -0.545. The van der Waals surface area contributed by atoms with E-state index in [1.165, 1.54) is 7.11 Å². The zero-order chi connectivity index (χ0) is 18.4. The predicted molar refractivity (Wildman–Crippen MR) is 104 cm³/mol. The number of ether oxygens (including phenoxy) is 1. The number of methoxy groups -OCH3 is 1. The maximum Gasteiger partial charge on any atom is 0.313 e. The van der Waals surface area contributed by atoms with Crippen LogP contribution in [0.5, 0.6) is 0 Å². The topological polar surface area (TPSA) is 46.5 Å². The Balaban J connectivity index is 1.82. The number of hydrogen-bond acceptors (Lipinski definition) is 3. The summed E-state index contributed by atoms with van der Waals surface area (Å²) in [6.07, 6.45) is 1.35. The number of aliphatic hydroxyl groups is 1. The van der Waals surface area contributed by atoms with Gasteiger partial charge in [0.15, 0.2) is 0 Å². The van der Waals surface area contributed by atoms with Gasteiger partial charge >= 0.3 is 5.97 Å². The molecule has 0 fully saturated rings. The molecule has 3 rings (SSSR count). The van der Waals surface area contributed by atoms with Gasteiger partial charge in [-0.1, -0.05) is 72.8 Å². The predicted octanol–water partition coefficient (Wildman–Crippen LogP) is 4.65. The molecule has 0 amide bonds. The Labute approximate surface area is 154 Å². The summed E-state index contributed by atoms with van der Waals surface area (Å²) in [7, 11) is 1.43. The van der Waals surface area contributed by atoms with Crippen LogP contribution in [0.2, 0.25) is 0 Å². The second kappa shape index (κ2) is 8.63. The highest BCUT2D eigenvalue weighted by Crippen LogP contribution is 2.30. The SMILES string of the molecule is COC(=O)C(CCC(CO)c1ccccc1)c1ccc2ccccc2c1. The van der Waals surface area contributed by atoms with Gasteiger partial charge < -0.3 is 9.84 Å². The lowest BCUT2D eigenvalue weighted by Crippen LogP contribution is -2.16. The summed E-state index contributed by atoms with van der Waals surface area (Å²) < 4.78 is 5.05. The highest BCUT2D eigenvalue weighted by Gasteiger charge is 2.23. The molecule has 134 valence electrons.